The molecule has 0 saturated carbocycles. The number of nitrogens with one attached hydrogen (secondary N) is 3. The number of hydrogen-bond donors (Lipinski definition) is 4. The Morgan fingerprint density at radius 1 is 1.11 bits per heavy atom. The summed E-state index contributed by atoms with van der Waals surface area (Å²) >= 11 is 1.47. The summed E-state index contributed by atoms with van der Waals surface area (Å²) in [6.07, 6.45) is 8.04. The minimum absolute atomic E-state index is 0.101. The number of aromatic nitrogens is 3. The molecule has 5 rings (SSSR count). The van der Waals surface area contributed by atoms with Gasteiger partial charge in [0.2, 0.25) is 0 Å². The number of aromatic hydroxyl groups is 1. The van der Waals surface area contributed by atoms with Crippen LogP contribution in [0, 0.1) is 0 Å². The number of benzene rings is 1. The van der Waals surface area contributed by atoms with Gasteiger partial charge in [-0.15, -0.1) is 11.3 Å². The zero-order valence-corrected chi connectivity index (χ0v) is 20.7. The van der Waals surface area contributed by atoms with Gasteiger partial charge >= 0.3 is 0 Å². The summed E-state index contributed by atoms with van der Waals surface area (Å²) < 4.78 is 0. The van der Waals surface area contributed by atoms with Crippen molar-refractivity contribution in [2.45, 2.75) is 45.6 Å². The molecule has 1 aromatic carbocycles. The third-order valence-electron chi connectivity index (χ3n) is 6.37. The quantitative estimate of drug-likeness (QED) is 0.288. The highest BCUT2D eigenvalue weighted by Gasteiger charge is 2.27. The lowest BCUT2D eigenvalue weighted by atomic mass is 9.95. The molecule has 4 N–H and O–H groups in total. The lowest BCUT2D eigenvalue weighted by Gasteiger charge is -2.13. The molecule has 1 aliphatic rings. The van der Waals surface area contributed by atoms with Crippen LogP contribution >= 0.6 is 11.3 Å². The monoisotopic (exact) mass is 501 g/mol. The van der Waals surface area contributed by atoms with Gasteiger partial charge in [-0.1, -0.05) is 19.1 Å². The Labute approximate surface area is 212 Å². The first-order valence-corrected chi connectivity index (χ1v) is 12.9. The van der Waals surface area contributed by atoms with Crippen molar-refractivity contribution in [3.8, 4) is 17.0 Å². The van der Waals surface area contributed by atoms with Crippen LogP contribution in [0.15, 0.2) is 48.8 Å². The first-order valence-electron chi connectivity index (χ1n) is 12.0. The number of pyridine rings is 1. The fraction of sp³-hybridized carbons (Fsp3) is 0.259. The van der Waals surface area contributed by atoms with Gasteiger partial charge in [0.05, 0.1) is 11.3 Å². The molecule has 9 heteroatoms. The maximum Gasteiger partial charge on any atom is 0.274 e. The second-order valence-corrected chi connectivity index (χ2v) is 9.89. The molecule has 4 aromatic rings. The molecule has 36 heavy (non-hydrogen) atoms. The van der Waals surface area contributed by atoms with Crippen LogP contribution < -0.4 is 10.6 Å². The minimum Gasteiger partial charge on any atom is -0.507 e. The van der Waals surface area contributed by atoms with Crippen molar-refractivity contribution in [1.29, 1.82) is 0 Å². The molecule has 8 nitrogen and oxygen atoms in total. The lowest BCUT2D eigenvalue weighted by molar-refractivity contribution is 0.0951. The van der Waals surface area contributed by atoms with E-state index in [0.717, 1.165) is 53.7 Å². The molecule has 2 amide bonds. The SMILES string of the molecule is CCc1ccc(O)c(-c2cc(C(=O)Nc3sc4c(c3C(=O)NCc3cccnc3)CCCC4)[nH]n2)c1. The first kappa shape index (κ1) is 23.7. The highest BCUT2D eigenvalue weighted by Crippen LogP contribution is 2.38. The largest absolute Gasteiger partial charge is 0.507 e. The topological polar surface area (TPSA) is 120 Å². The van der Waals surface area contributed by atoms with E-state index in [9.17, 15) is 14.7 Å². The number of thiophene rings is 1. The van der Waals surface area contributed by atoms with Crippen LogP contribution in [0.2, 0.25) is 0 Å². The van der Waals surface area contributed by atoms with E-state index in [1.165, 1.54) is 11.3 Å². The van der Waals surface area contributed by atoms with E-state index in [1.54, 1.807) is 24.5 Å². The highest BCUT2D eigenvalue weighted by atomic mass is 32.1. The Hall–Kier alpha value is -3.98. The Kier molecular flexibility index (Phi) is 6.81. The number of amides is 2. The number of phenols is 1. The summed E-state index contributed by atoms with van der Waals surface area (Å²) in [5.74, 6) is -0.496. The van der Waals surface area contributed by atoms with E-state index in [-0.39, 0.29) is 23.3 Å². The molecule has 3 aromatic heterocycles. The smallest absolute Gasteiger partial charge is 0.274 e. The molecule has 0 unspecified atom stereocenters. The second-order valence-electron chi connectivity index (χ2n) is 8.79. The van der Waals surface area contributed by atoms with Gasteiger partial charge in [0.25, 0.3) is 11.8 Å². The average molecular weight is 502 g/mol. The van der Waals surface area contributed by atoms with Crippen LogP contribution in [0.1, 0.15) is 62.2 Å². The number of anilines is 1. The van der Waals surface area contributed by atoms with E-state index >= 15 is 0 Å². The van der Waals surface area contributed by atoms with Gasteiger partial charge in [-0.3, -0.25) is 19.7 Å². The average Bonchev–Trinajstić information content (AvgIpc) is 3.53. The number of carbonyl (C=O) groups excluding carboxylic acids is 2. The van der Waals surface area contributed by atoms with Gasteiger partial charge in [-0.05, 0) is 73.1 Å². The maximum atomic E-state index is 13.3. The molecule has 3 heterocycles. The molecular weight excluding hydrogens is 474 g/mol. The van der Waals surface area contributed by atoms with Crippen molar-refractivity contribution < 1.29 is 14.7 Å². The summed E-state index contributed by atoms with van der Waals surface area (Å²) in [5, 5.41) is 23.8. The minimum atomic E-state index is -0.389. The first-order chi connectivity index (χ1) is 17.5. The molecule has 0 atom stereocenters. The van der Waals surface area contributed by atoms with Gasteiger partial charge in [-0.25, -0.2) is 0 Å². The molecule has 0 bridgehead atoms. The number of rotatable bonds is 7. The van der Waals surface area contributed by atoms with Crippen molar-refractivity contribution in [1.82, 2.24) is 20.5 Å². The van der Waals surface area contributed by atoms with Gasteiger partial charge in [-0.2, -0.15) is 5.10 Å². The van der Waals surface area contributed by atoms with Gasteiger partial charge < -0.3 is 15.7 Å². The molecular formula is C27H27N5O3S. The molecule has 0 aliphatic heterocycles. The van der Waals surface area contributed by atoms with Crippen LogP contribution in [-0.2, 0) is 25.8 Å². The Bertz CT molecular complexity index is 1410. The predicted octanol–water partition coefficient (Wildman–Crippen LogP) is 4.86. The van der Waals surface area contributed by atoms with Gasteiger partial charge in [0.1, 0.15) is 16.4 Å². The summed E-state index contributed by atoms with van der Waals surface area (Å²) in [4.78, 5) is 31.6. The predicted molar refractivity (Wildman–Crippen MR) is 139 cm³/mol. The van der Waals surface area contributed by atoms with Crippen molar-refractivity contribution in [3.63, 3.8) is 0 Å². The fourth-order valence-corrected chi connectivity index (χ4v) is 5.70. The van der Waals surface area contributed by atoms with Crippen LogP contribution in [0.25, 0.3) is 11.3 Å². The number of H-pyrrole nitrogens is 1. The molecule has 1 aliphatic carbocycles. The maximum absolute atomic E-state index is 13.3. The third kappa shape index (κ3) is 4.87. The van der Waals surface area contributed by atoms with Crippen molar-refractivity contribution in [3.05, 3.63) is 81.6 Å². The summed E-state index contributed by atoms with van der Waals surface area (Å²) in [6, 6.07) is 10.7. The van der Waals surface area contributed by atoms with Crippen LogP contribution in [0.4, 0.5) is 5.00 Å². The third-order valence-corrected chi connectivity index (χ3v) is 7.58. The van der Waals surface area contributed by atoms with E-state index in [4.69, 9.17) is 0 Å². The fourth-order valence-electron chi connectivity index (χ4n) is 4.42. The molecule has 184 valence electrons. The zero-order chi connectivity index (χ0) is 25.1. The highest BCUT2D eigenvalue weighted by molar-refractivity contribution is 7.17. The lowest BCUT2D eigenvalue weighted by Crippen LogP contribution is -2.25. The van der Waals surface area contributed by atoms with E-state index in [1.807, 2.05) is 31.2 Å². The number of nitrogens with zero attached hydrogens (tertiary/aromatic N) is 2. The van der Waals surface area contributed by atoms with Crippen molar-refractivity contribution in [2.75, 3.05) is 5.32 Å². The number of aryl methyl sites for hydroxylation is 2. The van der Waals surface area contributed by atoms with E-state index < -0.39 is 0 Å². The second kappa shape index (κ2) is 10.3. The van der Waals surface area contributed by atoms with Gasteiger partial charge in [0.15, 0.2) is 0 Å². The van der Waals surface area contributed by atoms with Crippen molar-refractivity contribution >= 4 is 28.2 Å². The molecule has 0 fully saturated rings. The normalized spacial score (nSPS) is 12.7. The van der Waals surface area contributed by atoms with Crippen LogP contribution in [0.5, 0.6) is 5.75 Å². The van der Waals surface area contributed by atoms with Gasteiger partial charge in [0, 0.05) is 29.4 Å². The molecule has 0 saturated heterocycles. The van der Waals surface area contributed by atoms with Crippen LogP contribution in [0.3, 0.4) is 0 Å². The number of hydrogen-bond acceptors (Lipinski definition) is 6. The number of carbonyl (C=O) groups is 2. The number of phenolic OH excluding ortho intramolecular Hbond substituents is 1. The number of aromatic amines is 1. The summed E-state index contributed by atoms with van der Waals surface area (Å²) in [5.41, 5.74) is 4.82. The van der Waals surface area contributed by atoms with Crippen LogP contribution in [-0.4, -0.2) is 32.1 Å². The molecule has 0 spiro atoms. The Morgan fingerprint density at radius 2 is 1.97 bits per heavy atom. The van der Waals surface area contributed by atoms with Crippen molar-refractivity contribution in [2.24, 2.45) is 0 Å². The number of fused-ring (bicyclic) bond motifs is 1. The Balaban J connectivity index is 1.38. The Morgan fingerprint density at radius 3 is 2.78 bits per heavy atom. The van der Waals surface area contributed by atoms with E-state index in [2.05, 4.69) is 25.8 Å². The standard InChI is InChI=1S/C27H27N5O3S/c1-2-16-9-10-22(33)19(12-16)20-13-21(32-31-20)25(34)30-27-24(18-7-3-4-8-23(18)36-27)26(35)29-15-17-6-5-11-28-14-17/h5-6,9-14,33H,2-4,7-8,15H2,1H3,(H,29,35)(H,30,34)(H,31,32). The molecule has 0 radical (unpaired) electrons. The zero-order valence-electron chi connectivity index (χ0n) is 19.9. The van der Waals surface area contributed by atoms with E-state index in [0.29, 0.717) is 28.4 Å². The summed E-state index contributed by atoms with van der Waals surface area (Å²) in [6.45, 7) is 2.39. The summed E-state index contributed by atoms with van der Waals surface area (Å²) in [7, 11) is 0.